The summed E-state index contributed by atoms with van der Waals surface area (Å²) in [7, 11) is 0. The molecule has 0 heterocycles. The maximum atomic E-state index is 15.6. The Bertz CT molecular complexity index is 3660. The number of Topliss-reactive ketones (excluding diaryl/α,β-unsaturated/α-hetero) is 2. The summed E-state index contributed by atoms with van der Waals surface area (Å²) in [5.74, 6) is -11.6. The first-order chi connectivity index (χ1) is 45.9. The molecule has 3 saturated carbocycles. The fourth-order valence-electron chi connectivity index (χ4n) is 15.0. The zero-order valence-electron chi connectivity index (χ0n) is 55.8. The van der Waals surface area contributed by atoms with E-state index in [1.807, 2.05) is 6.92 Å². The number of ketones is 2. The molecule has 2 bridgehead atoms. The number of unbranched alkanes of at least 4 members (excludes halogenated alkanes) is 1. The van der Waals surface area contributed by atoms with Gasteiger partial charge < -0.3 is 57.2 Å². The Hall–Kier alpha value is -9.22. The zero-order valence-corrected chi connectivity index (χ0v) is 55.8. The van der Waals surface area contributed by atoms with Crippen LogP contribution in [-0.2, 0) is 57.4 Å². The van der Waals surface area contributed by atoms with Crippen LogP contribution in [0.4, 0.5) is 4.39 Å². The largest absolute Gasteiger partial charge is 0.455 e. The number of nitrogens with one attached hydrogen (secondary N) is 4. The van der Waals surface area contributed by atoms with Gasteiger partial charge in [0.25, 0.3) is 5.91 Å². The van der Waals surface area contributed by atoms with E-state index in [4.69, 9.17) is 25.7 Å². The third-order valence-corrected chi connectivity index (χ3v) is 20.8. The number of ether oxygens (including phenoxy) is 3. The number of esters is 3. The molecule has 4 aromatic carbocycles. The first-order valence-electron chi connectivity index (χ1n) is 33.0. The van der Waals surface area contributed by atoms with E-state index in [2.05, 4.69) is 21.3 Å². The smallest absolute Gasteiger partial charge is 0.350 e. The molecule has 23 heteroatoms. The van der Waals surface area contributed by atoms with Crippen molar-refractivity contribution in [3.63, 3.8) is 0 Å². The van der Waals surface area contributed by atoms with Gasteiger partial charge in [-0.15, -0.1) is 0 Å². The molecule has 14 atom stereocenters. The lowest BCUT2D eigenvalue weighted by Crippen LogP contribution is -2.74. The predicted octanol–water partition coefficient (Wildman–Crippen LogP) is 6.94. The van der Waals surface area contributed by atoms with E-state index in [9.17, 15) is 57.8 Å². The minimum absolute atomic E-state index is 0.0482. The molecule has 97 heavy (non-hydrogen) atoms. The van der Waals surface area contributed by atoms with Crippen molar-refractivity contribution in [2.75, 3.05) is 6.54 Å². The summed E-state index contributed by atoms with van der Waals surface area (Å²) in [4.78, 5) is 150. The molecule has 22 nitrogen and oxygen atoms in total. The Kier molecular flexibility index (Phi) is 23.8. The Labute approximate surface area is 563 Å². The van der Waals surface area contributed by atoms with Crippen LogP contribution in [0.3, 0.4) is 0 Å². The van der Waals surface area contributed by atoms with Crippen LogP contribution in [0.2, 0.25) is 0 Å². The topological polar surface area (TPSA) is 356 Å². The third kappa shape index (κ3) is 16.6. The van der Waals surface area contributed by atoms with E-state index < -0.39 is 160 Å². The van der Waals surface area contributed by atoms with Gasteiger partial charge in [0.05, 0.1) is 29.5 Å². The molecule has 0 aliphatic heterocycles. The first-order valence-corrected chi connectivity index (χ1v) is 33.0. The number of rotatable bonds is 29. The van der Waals surface area contributed by atoms with Gasteiger partial charge in [0.2, 0.25) is 35.6 Å². The molecule has 0 aromatic heterocycles. The van der Waals surface area contributed by atoms with Crippen LogP contribution in [0.25, 0.3) is 6.08 Å². The van der Waals surface area contributed by atoms with Crippen molar-refractivity contribution in [1.29, 1.82) is 0 Å². The van der Waals surface area contributed by atoms with E-state index in [0.29, 0.717) is 35.1 Å². The number of aliphatic hydroxyl groups is 2. The Morgan fingerprint density at radius 2 is 1.38 bits per heavy atom. The van der Waals surface area contributed by atoms with Crippen LogP contribution >= 0.6 is 0 Å². The summed E-state index contributed by atoms with van der Waals surface area (Å²) in [5.41, 5.74) is 7.56. The number of fused-ring (bicyclic) bond motifs is 5. The fourth-order valence-corrected chi connectivity index (χ4v) is 15.0. The van der Waals surface area contributed by atoms with Crippen LogP contribution in [0.15, 0.2) is 132 Å². The number of benzene rings is 4. The summed E-state index contributed by atoms with van der Waals surface area (Å²) < 4.78 is 32.4. The molecular weight excluding hydrogens is 1250 g/mol. The molecule has 2 unspecified atom stereocenters. The highest BCUT2D eigenvalue weighted by molar-refractivity contribution is 5.98. The van der Waals surface area contributed by atoms with Gasteiger partial charge in [-0.3, -0.25) is 43.2 Å². The minimum atomic E-state index is -2.11. The molecule has 4 aliphatic carbocycles. The van der Waals surface area contributed by atoms with Crippen LogP contribution in [0, 0.1) is 45.7 Å². The molecule has 4 aromatic rings. The lowest BCUT2D eigenvalue weighted by atomic mass is 9.37. The second kappa shape index (κ2) is 31.3. The van der Waals surface area contributed by atoms with Crippen molar-refractivity contribution in [3.05, 3.63) is 161 Å². The van der Waals surface area contributed by atoms with Crippen molar-refractivity contribution in [2.45, 2.75) is 174 Å². The highest BCUT2D eigenvalue weighted by Gasteiger charge is 2.74. The standard InChI is InChI=1S/C74H89FN6O16/c1-42-54(41-74(94)65(97-69(92)48-23-15-10-16-24-48)63-72(6)37-36-50(72)40-55(83)73(63,7)64(88)43(2)60(42)71(74,4)5)95-70(93)62(61(46-19-11-8-12-20-46)81-68(91)47-21-13-9-14-22-47)96-59(87)35-34-56(84)78-38-18-17-25-52(67(77)90)80-58(86)33-29-49(66(76)89)39-53(82)44(3)79-57(85)32-28-45-26-30-51(75)31-27-45/h8-16,19-24,26-28,30-32,43-44,49-50,52,54-55,61-63,65,83,94H,17-18,25,29,33-41H2,1-7H3,(H2,76,89)(H2,77,90)(H,78,84)(H,79,85)(H,80,86)(H,81,91)/b32-28+/t43-,44?,49-,50-,52?,54+,55+,61-,62-,63-,65+,72-,73-,74-/m1/s1. The number of carbonyl (C=O) groups excluding carboxylic acids is 11. The quantitative estimate of drug-likeness (QED) is 0.00897. The van der Waals surface area contributed by atoms with Gasteiger partial charge in [-0.05, 0) is 142 Å². The maximum absolute atomic E-state index is 15.6. The molecule has 3 fully saturated rings. The van der Waals surface area contributed by atoms with Gasteiger partial charge in [0.15, 0.2) is 5.78 Å². The molecule has 0 radical (unpaired) electrons. The van der Waals surface area contributed by atoms with Crippen LogP contribution < -0.4 is 32.7 Å². The van der Waals surface area contributed by atoms with Crippen molar-refractivity contribution in [3.8, 4) is 0 Å². The number of halogens is 1. The van der Waals surface area contributed by atoms with Crippen LogP contribution in [0.1, 0.15) is 163 Å². The van der Waals surface area contributed by atoms with Gasteiger partial charge in [0.1, 0.15) is 41.5 Å². The number of amides is 6. The maximum Gasteiger partial charge on any atom is 0.350 e. The van der Waals surface area contributed by atoms with Crippen LogP contribution in [0.5, 0.6) is 0 Å². The molecule has 4 aliphatic rings. The normalized spacial score (nSPS) is 25.4. The lowest BCUT2D eigenvalue weighted by molar-refractivity contribution is -0.265. The summed E-state index contributed by atoms with van der Waals surface area (Å²) in [6.07, 6.45) is -3.34. The Balaban J connectivity index is 0.933. The third-order valence-electron chi connectivity index (χ3n) is 20.8. The number of aliphatic hydroxyl groups excluding tert-OH is 1. The first kappa shape index (κ1) is 73.6. The van der Waals surface area contributed by atoms with E-state index in [-0.39, 0.29) is 74.3 Å². The number of hydrogen-bond donors (Lipinski definition) is 8. The van der Waals surface area contributed by atoms with E-state index in [1.165, 1.54) is 37.3 Å². The Morgan fingerprint density at radius 1 is 0.753 bits per heavy atom. The van der Waals surface area contributed by atoms with E-state index >= 15 is 9.59 Å². The average molecular weight is 1340 g/mol. The summed E-state index contributed by atoms with van der Waals surface area (Å²) in [5, 5.41) is 36.8. The summed E-state index contributed by atoms with van der Waals surface area (Å²) in [6.45, 7) is 12.1. The SMILES string of the molecule is CC1=C2[C@@H](C)C(=O)[C@@]3(C)[C@H]([C@H](OC(=O)c4ccccc4)[C@](O)(C[C@@H]1OC(=O)[C@H](OC(=O)CCC(=O)NCCCCC(NC(=O)CC[C@H](CC(=O)C(C)NC(=O)/C=C/c1ccc(F)cc1)C(N)=O)C(N)=O)[C@H](NC(=O)c1ccccc1)c1ccccc1)C2(C)C)[C@]1(C)CC[C@@H]1C[C@@H]3O. The lowest BCUT2D eigenvalue weighted by Gasteiger charge is -2.68. The predicted molar refractivity (Wildman–Crippen MR) is 354 cm³/mol. The molecule has 518 valence electrons. The van der Waals surface area contributed by atoms with Gasteiger partial charge >= 0.3 is 17.9 Å². The second-order valence-corrected chi connectivity index (χ2v) is 27.2. The van der Waals surface area contributed by atoms with Gasteiger partial charge in [-0.1, -0.05) is 107 Å². The molecular formula is C74H89FN6O16. The fraction of sp³-hybridized carbons (Fsp3) is 0.473. The highest BCUT2D eigenvalue weighted by atomic mass is 19.1. The molecule has 6 amide bonds. The Morgan fingerprint density at radius 3 is 1.99 bits per heavy atom. The summed E-state index contributed by atoms with van der Waals surface area (Å²) in [6, 6.07) is 26.3. The second-order valence-electron chi connectivity index (χ2n) is 27.2. The van der Waals surface area contributed by atoms with E-state index in [0.717, 1.165) is 12.5 Å². The minimum Gasteiger partial charge on any atom is -0.455 e. The van der Waals surface area contributed by atoms with Gasteiger partial charge in [-0.2, -0.15) is 0 Å². The van der Waals surface area contributed by atoms with Crippen molar-refractivity contribution in [1.82, 2.24) is 21.3 Å². The monoisotopic (exact) mass is 1340 g/mol. The van der Waals surface area contributed by atoms with Crippen molar-refractivity contribution < 1.29 is 81.6 Å². The van der Waals surface area contributed by atoms with Crippen LogP contribution in [-0.4, -0.2) is 124 Å². The van der Waals surface area contributed by atoms with Crippen molar-refractivity contribution in [2.24, 2.45) is 51.4 Å². The highest BCUT2D eigenvalue weighted by Crippen LogP contribution is 2.70. The van der Waals surface area contributed by atoms with E-state index in [1.54, 1.807) is 126 Å². The average Bonchev–Trinajstić information content (AvgIpc) is 0.674. The molecule has 10 N–H and O–H groups in total. The van der Waals surface area contributed by atoms with Crippen molar-refractivity contribution >= 4 is 71.0 Å². The number of primary amides is 2. The molecule has 8 rings (SSSR count). The number of carbonyl (C=O) groups is 11. The van der Waals surface area contributed by atoms with Gasteiger partial charge in [0, 0.05) is 67.0 Å². The molecule has 0 saturated heterocycles. The number of hydrogen-bond acceptors (Lipinski definition) is 16. The summed E-state index contributed by atoms with van der Waals surface area (Å²) >= 11 is 0. The zero-order chi connectivity index (χ0) is 70.7. The number of nitrogens with two attached hydrogens (primary N) is 2. The van der Waals surface area contributed by atoms with Gasteiger partial charge in [-0.25, -0.2) is 14.0 Å². The molecule has 0 spiro atoms.